The van der Waals surface area contributed by atoms with Crippen molar-refractivity contribution in [2.45, 2.75) is 18.5 Å². The number of nitrogens with one attached hydrogen (secondary N) is 1. The second kappa shape index (κ2) is 8.52. The predicted molar refractivity (Wildman–Crippen MR) is 100 cm³/mol. The highest BCUT2D eigenvalue weighted by molar-refractivity contribution is 7.59. The second-order valence-electron chi connectivity index (χ2n) is 5.80. The summed E-state index contributed by atoms with van der Waals surface area (Å²) in [6, 6.07) is 8.77. The molecule has 29 heavy (non-hydrogen) atoms. The van der Waals surface area contributed by atoms with E-state index in [-0.39, 0.29) is 29.8 Å². The molecule has 12 heteroatoms. The third-order valence-electron chi connectivity index (χ3n) is 3.62. The van der Waals surface area contributed by atoms with Crippen molar-refractivity contribution in [1.29, 1.82) is 0 Å². The van der Waals surface area contributed by atoms with Gasteiger partial charge in [0.15, 0.2) is 0 Å². The molecule has 0 bridgehead atoms. The predicted octanol–water partition coefficient (Wildman–Crippen LogP) is 5.40. The Morgan fingerprint density at radius 1 is 1.28 bits per heavy atom. The molecule has 0 amide bonds. The lowest BCUT2D eigenvalue weighted by atomic mass is 10.2. The van der Waals surface area contributed by atoms with E-state index < -0.39 is 24.6 Å². The summed E-state index contributed by atoms with van der Waals surface area (Å²) in [5, 5.41) is 2.27. The van der Waals surface area contributed by atoms with E-state index >= 15 is 0 Å². The summed E-state index contributed by atoms with van der Waals surface area (Å²) in [6.07, 6.45) is 1.17. The number of hydrogen-bond donors (Lipinski definition) is 1. The van der Waals surface area contributed by atoms with Gasteiger partial charge in [-0.1, -0.05) is 17.3 Å². The molecule has 0 spiro atoms. The molecule has 7 nitrogen and oxygen atoms in total. The first kappa shape index (κ1) is 21.3. The zero-order chi connectivity index (χ0) is 21.1. The smallest absolute Gasteiger partial charge is 0.331 e. The largest absolute Gasteiger partial charge is 0.400 e. The van der Waals surface area contributed by atoms with Crippen LogP contribution in [0.1, 0.15) is 18.5 Å². The molecule has 0 radical (unpaired) electrons. The molecule has 2 heterocycles. The summed E-state index contributed by atoms with van der Waals surface area (Å²) in [6.45, 7) is 1.79. The lowest BCUT2D eigenvalue weighted by Crippen LogP contribution is -2.06. The van der Waals surface area contributed by atoms with Crippen molar-refractivity contribution in [3.63, 3.8) is 0 Å². The number of hydrogen-bond acceptors (Lipinski definition) is 6. The fourth-order valence-corrected chi connectivity index (χ4v) is 4.27. The van der Waals surface area contributed by atoms with Gasteiger partial charge < -0.3 is 14.1 Å². The number of aromatic nitrogens is 3. The Hall–Kier alpha value is -2.42. The molecule has 3 aromatic rings. The minimum atomic E-state index is -3.78. The van der Waals surface area contributed by atoms with Gasteiger partial charge in [-0.2, -0.15) is 13.8 Å². The lowest BCUT2D eigenvalue weighted by Gasteiger charge is -2.20. The summed E-state index contributed by atoms with van der Waals surface area (Å²) >= 11 is 4.84. The third-order valence-corrected chi connectivity index (χ3v) is 5.78. The SMILES string of the molecule is CCOP(=O)(Cc1ccc(-c2noc(C(F)(F)Cl)n2)cn1)Nc1ccccc1F. The van der Waals surface area contributed by atoms with E-state index in [2.05, 4.69) is 24.7 Å². The van der Waals surface area contributed by atoms with E-state index in [0.29, 0.717) is 5.69 Å². The highest BCUT2D eigenvalue weighted by Gasteiger charge is 2.35. The van der Waals surface area contributed by atoms with Crippen LogP contribution in [0.5, 0.6) is 0 Å². The Kier molecular flexibility index (Phi) is 6.26. The quantitative estimate of drug-likeness (QED) is 0.366. The van der Waals surface area contributed by atoms with Gasteiger partial charge in [-0.15, -0.1) is 0 Å². The molecule has 0 aliphatic heterocycles. The molecular weight excluding hydrogens is 432 g/mol. The summed E-state index contributed by atoms with van der Waals surface area (Å²) in [7, 11) is -3.51. The number of halogens is 4. The fraction of sp³-hybridized carbons (Fsp3) is 0.235. The first-order valence-corrected chi connectivity index (χ1v) is 10.5. The van der Waals surface area contributed by atoms with Gasteiger partial charge in [0.25, 0.3) is 7.52 Å². The summed E-state index contributed by atoms with van der Waals surface area (Å²) in [4.78, 5) is 7.65. The molecule has 1 N–H and O–H groups in total. The molecule has 0 saturated carbocycles. The molecular formula is C17H15ClF3N4O3P. The van der Waals surface area contributed by atoms with E-state index in [9.17, 15) is 17.7 Å². The van der Waals surface area contributed by atoms with Gasteiger partial charge in [0.05, 0.1) is 24.2 Å². The lowest BCUT2D eigenvalue weighted by molar-refractivity contribution is 0.0551. The molecule has 154 valence electrons. The number of para-hydroxylation sites is 1. The van der Waals surface area contributed by atoms with Crippen molar-refractivity contribution in [2.24, 2.45) is 0 Å². The van der Waals surface area contributed by atoms with Gasteiger partial charge in [-0.05, 0) is 42.8 Å². The van der Waals surface area contributed by atoms with Crippen molar-refractivity contribution < 1.29 is 26.8 Å². The maximum Gasteiger partial charge on any atom is 0.400 e. The van der Waals surface area contributed by atoms with Crippen molar-refractivity contribution in [3.8, 4) is 11.4 Å². The van der Waals surface area contributed by atoms with E-state index in [1.54, 1.807) is 13.0 Å². The van der Waals surface area contributed by atoms with Gasteiger partial charge in [0.2, 0.25) is 5.82 Å². The summed E-state index contributed by atoms with van der Waals surface area (Å²) in [5.74, 6) is -1.73. The van der Waals surface area contributed by atoms with Crippen molar-refractivity contribution in [2.75, 3.05) is 11.7 Å². The Bertz CT molecular complexity index is 1030. The number of rotatable bonds is 8. The Morgan fingerprint density at radius 2 is 2.03 bits per heavy atom. The first-order valence-electron chi connectivity index (χ1n) is 8.33. The maximum atomic E-state index is 13.9. The van der Waals surface area contributed by atoms with Crippen LogP contribution < -0.4 is 5.09 Å². The standard InChI is InChI=1S/C17H15ClF3N4O3P/c1-2-27-29(26,25-14-6-4-3-5-13(14)19)10-12-8-7-11(9-22-12)15-23-16(28-24-15)17(18,20)21/h3-9H,2,10H2,1H3,(H,25,26). The molecule has 2 aromatic heterocycles. The molecule has 0 aliphatic carbocycles. The molecule has 0 saturated heterocycles. The third kappa shape index (κ3) is 5.35. The van der Waals surface area contributed by atoms with Crippen LogP contribution >= 0.6 is 19.1 Å². The van der Waals surface area contributed by atoms with Crippen molar-refractivity contribution in [3.05, 3.63) is 60.0 Å². The fourth-order valence-electron chi connectivity index (χ4n) is 2.38. The number of anilines is 1. The zero-order valence-corrected chi connectivity index (χ0v) is 16.6. The van der Waals surface area contributed by atoms with Crippen LogP contribution in [0.3, 0.4) is 0 Å². The highest BCUT2D eigenvalue weighted by Crippen LogP contribution is 2.50. The van der Waals surface area contributed by atoms with Crippen LogP contribution in [0.25, 0.3) is 11.4 Å². The Morgan fingerprint density at radius 3 is 2.62 bits per heavy atom. The van der Waals surface area contributed by atoms with E-state index in [1.807, 2.05) is 0 Å². The monoisotopic (exact) mass is 446 g/mol. The number of nitrogens with zero attached hydrogens (tertiary/aromatic N) is 3. The van der Waals surface area contributed by atoms with Crippen LogP contribution in [0.15, 0.2) is 47.1 Å². The highest BCUT2D eigenvalue weighted by atomic mass is 35.5. The molecule has 0 fully saturated rings. The second-order valence-corrected chi connectivity index (χ2v) is 8.42. The topological polar surface area (TPSA) is 90.1 Å². The van der Waals surface area contributed by atoms with Crippen LogP contribution in [0.2, 0.25) is 0 Å². The van der Waals surface area contributed by atoms with Gasteiger partial charge >= 0.3 is 11.3 Å². The molecule has 1 unspecified atom stereocenters. The zero-order valence-electron chi connectivity index (χ0n) is 15.0. The van der Waals surface area contributed by atoms with E-state index in [0.717, 1.165) is 0 Å². The number of benzene rings is 1. The molecule has 1 aromatic carbocycles. The Labute approximate surface area is 168 Å². The number of pyridine rings is 1. The first-order chi connectivity index (χ1) is 13.7. The Balaban J connectivity index is 1.78. The van der Waals surface area contributed by atoms with Gasteiger partial charge in [-0.3, -0.25) is 9.55 Å². The average molecular weight is 447 g/mol. The van der Waals surface area contributed by atoms with Gasteiger partial charge in [-0.25, -0.2) is 4.39 Å². The maximum absolute atomic E-state index is 13.9. The minimum absolute atomic E-state index is 0.0437. The minimum Gasteiger partial charge on any atom is -0.331 e. The molecule has 1 atom stereocenters. The number of alkyl halides is 3. The van der Waals surface area contributed by atoms with E-state index in [4.69, 9.17) is 16.1 Å². The van der Waals surface area contributed by atoms with Crippen LogP contribution in [-0.2, 0) is 20.6 Å². The molecule has 0 aliphatic rings. The van der Waals surface area contributed by atoms with Crippen LogP contribution in [0.4, 0.5) is 18.9 Å². The summed E-state index contributed by atoms with van der Waals surface area (Å²) < 4.78 is 62.7. The van der Waals surface area contributed by atoms with E-state index in [1.165, 1.54) is 36.5 Å². The van der Waals surface area contributed by atoms with Crippen molar-refractivity contribution >= 4 is 24.8 Å². The van der Waals surface area contributed by atoms with Crippen LogP contribution in [-0.4, -0.2) is 21.7 Å². The van der Waals surface area contributed by atoms with Crippen LogP contribution in [0, 0.1) is 5.82 Å². The van der Waals surface area contributed by atoms with Gasteiger partial charge in [0, 0.05) is 11.8 Å². The summed E-state index contributed by atoms with van der Waals surface area (Å²) in [5.41, 5.74) is 0.695. The van der Waals surface area contributed by atoms with Gasteiger partial charge in [0.1, 0.15) is 5.82 Å². The normalized spacial score (nSPS) is 13.8. The average Bonchev–Trinajstić information content (AvgIpc) is 3.15. The van der Waals surface area contributed by atoms with Crippen molar-refractivity contribution in [1.82, 2.24) is 15.1 Å². The molecule has 3 rings (SSSR count).